The molecule has 17 heavy (non-hydrogen) atoms. The lowest BCUT2D eigenvalue weighted by Crippen LogP contribution is -2.45. The molecule has 1 saturated carbocycles. The average molecular weight is 242 g/mol. The van der Waals surface area contributed by atoms with Crippen LogP contribution in [0.3, 0.4) is 0 Å². The predicted octanol–water partition coefficient (Wildman–Crippen LogP) is 1.12. The van der Waals surface area contributed by atoms with Crippen LogP contribution in [0.25, 0.3) is 0 Å². The van der Waals surface area contributed by atoms with Gasteiger partial charge in [-0.3, -0.25) is 4.79 Å². The third-order valence-corrected chi connectivity index (χ3v) is 3.69. The standard InChI is InChI=1S/C13H26N2O2/c1-11(7-8-14)5-6-13(17)15(9-10-16)12-3-2-4-12/h11-12,16H,2-10,14H2,1H3. The fourth-order valence-corrected chi connectivity index (χ4v) is 2.26. The maximum absolute atomic E-state index is 12.1. The zero-order valence-electron chi connectivity index (χ0n) is 10.9. The van der Waals surface area contributed by atoms with Crippen LogP contribution in [-0.2, 0) is 4.79 Å². The summed E-state index contributed by atoms with van der Waals surface area (Å²) in [4.78, 5) is 13.9. The summed E-state index contributed by atoms with van der Waals surface area (Å²) in [5.74, 6) is 0.717. The largest absolute Gasteiger partial charge is 0.395 e. The summed E-state index contributed by atoms with van der Waals surface area (Å²) in [7, 11) is 0. The number of hydrogen-bond donors (Lipinski definition) is 2. The van der Waals surface area contributed by atoms with Crippen molar-refractivity contribution in [3.8, 4) is 0 Å². The van der Waals surface area contributed by atoms with Crippen LogP contribution in [0.2, 0.25) is 0 Å². The second-order valence-electron chi connectivity index (χ2n) is 5.12. The van der Waals surface area contributed by atoms with Gasteiger partial charge >= 0.3 is 0 Å². The fraction of sp³-hybridized carbons (Fsp3) is 0.923. The van der Waals surface area contributed by atoms with E-state index in [9.17, 15) is 4.79 Å². The number of rotatable bonds is 8. The number of nitrogens with zero attached hydrogens (tertiary/aromatic N) is 1. The second-order valence-corrected chi connectivity index (χ2v) is 5.12. The van der Waals surface area contributed by atoms with Gasteiger partial charge in [0.1, 0.15) is 0 Å². The minimum atomic E-state index is 0.0700. The van der Waals surface area contributed by atoms with Crippen LogP contribution in [0.15, 0.2) is 0 Å². The van der Waals surface area contributed by atoms with Crippen molar-refractivity contribution in [2.24, 2.45) is 11.7 Å². The topological polar surface area (TPSA) is 66.6 Å². The number of aliphatic hydroxyl groups excluding tert-OH is 1. The molecule has 4 nitrogen and oxygen atoms in total. The van der Waals surface area contributed by atoms with Crippen LogP contribution >= 0.6 is 0 Å². The van der Waals surface area contributed by atoms with Gasteiger partial charge in [0, 0.05) is 19.0 Å². The Morgan fingerprint density at radius 2 is 2.18 bits per heavy atom. The molecule has 3 N–H and O–H groups in total. The van der Waals surface area contributed by atoms with Crippen molar-refractivity contribution in [3.05, 3.63) is 0 Å². The molecule has 0 aliphatic heterocycles. The highest BCUT2D eigenvalue weighted by molar-refractivity contribution is 5.76. The SMILES string of the molecule is CC(CCN)CCC(=O)N(CCO)C1CCC1. The number of aliphatic hydroxyl groups is 1. The van der Waals surface area contributed by atoms with E-state index in [-0.39, 0.29) is 12.5 Å². The van der Waals surface area contributed by atoms with Gasteiger partial charge in [-0.05, 0) is 44.6 Å². The van der Waals surface area contributed by atoms with E-state index in [1.54, 1.807) is 0 Å². The van der Waals surface area contributed by atoms with Crippen molar-refractivity contribution in [1.29, 1.82) is 0 Å². The monoisotopic (exact) mass is 242 g/mol. The van der Waals surface area contributed by atoms with E-state index in [0.717, 1.165) is 25.7 Å². The Hall–Kier alpha value is -0.610. The summed E-state index contributed by atoms with van der Waals surface area (Å²) in [5.41, 5.74) is 5.49. The molecule has 0 aromatic heterocycles. The second kappa shape index (κ2) is 7.67. The normalized spacial score (nSPS) is 17.6. The van der Waals surface area contributed by atoms with Crippen LogP contribution in [0.5, 0.6) is 0 Å². The summed E-state index contributed by atoms with van der Waals surface area (Å²) in [6.07, 6.45) is 5.90. The van der Waals surface area contributed by atoms with E-state index in [1.807, 2.05) is 4.90 Å². The molecule has 1 aliphatic carbocycles. The molecule has 0 bridgehead atoms. The van der Waals surface area contributed by atoms with Crippen molar-refractivity contribution in [3.63, 3.8) is 0 Å². The maximum atomic E-state index is 12.1. The predicted molar refractivity (Wildman–Crippen MR) is 68.5 cm³/mol. The Bertz CT molecular complexity index is 229. The van der Waals surface area contributed by atoms with Crippen LogP contribution < -0.4 is 5.73 Å². The number of nitrogens with two attached hydrogens (primary N) is 1. The lowest BCUT2D eigenvalue weighted by molar-refractivity contribution is -0.136. The van der Waals surface area contributed by atoms with Gasteiger partial charge in [-0.1, -0.05) is 6.92 Å². The van der Waals surface area contributed by atoms with E-state index >= 15 is 0 Å². The fourth-order valence-electron chi connectivity index (χ4n) is 2.26. The molecule has 1 rings (SSSR count). The molecule has 1 atom stereocenters. The molecule has 100 valence electrons. The van der Waals surface area contributed by atoms with E-state index in [0.29, 0.717) is 31.5 Å². The van der Waals surface area contributed by atoms with Gasteiger partial charge in [-0.15, -0.1) is 0 Å². The van der Waals surface area contributed by atoms with Crippen molar-refractivity contribution >= 4 is 5.91 Å². The molecule has 1 unspecified atom stereocenters. The third-order valence-electron chi connectivity index (χ3n) is 3.69. The molecule has 0 saturated heterocycles. The van der Waals surface area contributed by atoms with Crippen LogP contribution in [0.4, 0.5) is 0 Å². The Kier molecular flexibility index (Phi) is 6.52. The van der Waals surface area contributed by atoms with Crippen molar-refractivity contribution in [2.45, 2.75) is 51.5 Å². The minimum Gasteiger partial charge on any atom is -0.395 e. The number of amides is 1. The lowest BCUT2D eigenvalue weighted by Gasteiger charge is -2.37. The molecule has 0 aromatic rings. The quantitative estimate of drug-likeness (QED) is 0.670. The van der Waals surface area contributed by atoms with E-state index in [2.05, 4.69) is 6.92 Å². The molecule has 1 fully saturated rings. The first-order valence-corrected chi connectivity index (χ1v) is 6.79. The Morgan fingerprint density at radius 1 is 1.47 bits per heavy atom. The molecular formula is C13H26N2O2. The lowest BCUT2D eigenvalue weighted by atomic mass is 9.91. The molecule has 1 amide bonds. The van der Waals surface area contributed by atoms with Gasteiger partial charge in [0.25, 0.3) is 0 Å². The van der Waals surface area contributed by atoms with E-state index < -0.39 is 0 Å². The van der Waals surface area contributed by atoms with Gasteiger partial charge in [-0.2, -0.15) is 0 Å². The van der Waals surface area contributed by atoms with Gasteiger partial charge in [-0.25, -0.2) is 0 Å². The molecular weight excluding hydrogens is 216 g/mol. The molecule has 4 heteroatoms. The summed E-state index contributed by atoms with van der Waals surface area (Å²) in [6, 6.07) is 0.388. The van der Waals surface area contributed by atoms with Gasteiger partial charge in [0.05, 0.1) is 6.61 Å². The first-order valence-electron chi connectivity index (χ1n) is 6.79. The van der Waals surface area contributed by atoms with Gasteiger partial charge in [0.2, 0.25) is 5.91 Å². The summed E-state index contributed by atoms with van der Waals surface area (Å²) >= 11 is 0. The number of hydrogen-bond acceptors (Lipinski definition) is 3. The maximum Gasteiger partial charge on any atom is 0.222 e. The molecule has 0 spiro atoms. The summed E-state index contributed by atoms with van der Waals surface area (Å²) in [5, 5.41) is 9.01. The molecule has 0 aromatic carbocycles. The highest BCUT2D eigenvalue weighted by Gasteiger charge is 2.27. The van der Waals surface area contributed by atoms with Crippen LogP contribution in [0.1, 0.15) is 45.4 Å². The Balaban J connectivity index is 2.31. The Morgan fingerprint density at radius 3 is 2.65 bits per heavy atom. The first kappa shape index (κ1) is 14.5. The minimum absolute atomic E-state index is 0.0700. The zero-order chi connectivity index (χ0) is 12.7. The molecule has 0 heterocycles. The van der Waals surface area contributed by atoms with Crippen LogP contribution in [0, 0.1) is 5.92 Å². The van der Waals surface area contributed by atoms with E-state index in [4.69, 9.17) is 10.8 Å². The smallest absolute Gasteiger partial charge is 0.222 e. The highest BCUT2D eigenvalue weighted by atomic mass is 16.3. The van der Waals surface area contributed by atoms with Crippen molar-refractivity contribution < 1.29 is 9.90 Å². The number of carbonyl (C=O) groups excluding carboxylic acids is 1. The van der Waals surface area contributed by atoms with Crippen molar-refractivity contribution in [2.75, 3.05) is 19.7 Å². The third kappa shape index (κ3) is 4.64. The average Bonchev–Trinajstić information content (AvgIpc) is 2.23. The highest BCUT2D eigenvalue weighted by Crippen LogP contribution is 2.25. The molecule has 0 radical (unpaired) electrons. The van der Waals surface area contributed by atoms with Gasteiger partial charge in [0.15, 0.2) is 0 Å². The van der Waals surface area contributed by atoms with E-state index in [1.165, 1.54) is 6.42 Å². The summed E-state index contributed by atoms with van der Waals surface area (Å²) in [6.45, 7) is 3.40. The summed E-state index contributed by atoms with van der Waals surface area (Å²) < 4.78 is 0. The van der Waals surface area contributed by atoms with Crippen molar-refractivity contribution in [1.82, 2.24) is 4.90 Å². The van der Waals surface area contributed by atoms with Crippen LogP contribution in [-0.4, -0.2) is 41.7 Å². The Labute approximate surface area is 104 Å². The van der Waals surface area contributed by atoms with Gasteiger partial charge < -0.3 is 15.7 Å². The zero-order valence-corrected chi connectivity index (χ0v) is 10.9. The number of carbonyl (C=O) groups is 1. The first-order chi connectivity index (χ1) is 8.19. The molecule has 1 aliphatic rings.